The minimum Gasteiger partial charge on any atom is -0.317 e. The van der Waals surface area contributed by atoms with Gasteiger partial charge in [0.2, 0.25) is 0 Å². The zero-order chi connectivity index (χ0) is 19.3. The number of halogens is 1. The summed E-state index contributed by atoms with van der Waals surface area (Å²) in [5, 5.41) is 11.9. The first-order valence-electron chi connectivity index (χ1n) is 9.59. The van der Waals surface area contributed by atoms with E-state index in [2.05, 4.69) is 25.5 Å². The fourth-order valence-corrected chi connectivity index (χ4v) is 3.98. The van der Waals surface area contributed by atoms with Gasteiger partial charge in [-0.2, -0.15) is 0 Å². The van der Waals surface area contributed by atoms with E-state index in [-0.39, 0.29) is 11.7 Å². The third kappa shape index (κ3) is 2.92. The van der Waals surface area contributed by atoms with Crippen LogP contribution in [-0.2, 0) is 0 Å². The first-order chi connectivity index (χ1) is 13.6. The highest BCUT2D eigenvalue weighted by Crippen LogP contribution is 2.28. The summed E-state index contributed by atoms with van der Waals surface area (Å²) in [7, 11) is 0. The van der Waals surface area contributed by atoms with Crippen molar-refractivity contribution in [3.63, 3.8) is 0 Å². The molecule has 5 rings (SSSR count). The van der Waals surface area contributed by atoms with Gasteiger partial charge in [0, 0.05) is 18.3 Å². The van der Waals surface area contributed by atoms with Crippen molar-refractivity contribution >= 4 is 16.7 Å². The summed E-state index contributed by atoms with van der Waals surface area (Å²) in [6.07, 6.45) is 5.84. The van der Waals surface area contributed by atoms with Crippen LogP contribution in [0, 0.1) is 19.7 Å². The average molecular weight is 376 g/mol. The second-order valence-corrected chi connectivity index (χ2v) is 7.55. The Morgan fingerprint density at radius 1 is 1.00 bits per heavy atom. The van der Waals surface area contributed by atoms with Crippen LogP contribution in [-0.4, -0.2) is 37.7 Å². The van der Waals surface area contributed by atoms with E-state index in [1.54, 1.807) is 0 Å². The van der Waals surface area contributed by atoms with Crippen molar-refractivity contribution in [1.29, 1.82) is 0 Å². The topological polar surface area (TPSA) is 68.0 Å². The molecule has 0 atom stereocenters. The zero-order valence-electron chi connectivity index (χ0n) is 15.9. The van der Waals surface area contributed by atoms with Crippen LogP contribution in [0.1, 0.15) is 35.8 Å². The van der Waals surface area contributed by atoms with E-state index in [0.29, 0.717) is 16.9 Å². The van der Waals surface area contributed by atoms with Crippen molar-refractivity contribution < 1.29 is 4.39 Å². The maximum absolute atomic E-state index is 14.9. The molecule has 0 unspecified atom stereocenters. The average Bonchev–Trinajstić information content (AvgIpc) is 3.09. The van der Waals surface area contributed by atoms with Gasteiger partial charge in [0.25, 0.3) is 0 Å². The van der Waals surface area contributed by atoms with Crippen molar-refractivity contribution in [3.05, 3.63) is 53.5 Å². The van der Waals surface area contributed by atoms with Gasteiger partial charge in [-0.3, -0.25) is 0 Å². The van der Waals surface area contributed by atoms with Crippen molar-refractivity contribution in [1.82, 2.24) is 29.9 Å². The molecule has 0 amide bonds. The van der Waals surface area contributed by atoms with Crippen LogP contribution >= 0.6 is 0 Å². The lowest BCUT2D eigenvalue weighted by molar-refractivity contribution is 0.442. The molecule has 0 bridgehead atoms. The zero-order valence-corrected chi connectivity index (χ0v) is 15.9. The molecule has 4 heterocycles. The van der Waals surface area contributed by atoms with Gasteiger partial charge in [-0.15, -0.1) is 10.2 Å². The lowest BCUT2D eigenvalue weighted by atomic mass is 9.97. The van der Waals surface area contributed by atoms with Crippen LogP contribution < -0.4 is 5.32 Å². The minimum absolute atomic E-state index is 0.242. The van der Waals surface area contributed by atoms with Gasteiger partial charge >= 0.3 is 0 Å². The van der Waals surface area contributed by atoms with E-state index in [1.807, 2.05) is 42.8 Å². The molecule has 3 aromatic heterocycles. The Morgan fingerprint density at radius 3 is 2.64 bits per heavy atom. The number of fused-ring (bicyclic) bond motifs is 2. The molecule has 0 aliphatic carbocycles. The van der Waals surface area contributed by atoms with Crippen LogP contribution in [0.25, 0.3) is 27.8 Å². The fourth-order valence-electron chi connectivity index (χ4n) is 3.98. The summed E-state index contributed by atoms with van der Waals surface area (Å²) in [5.41, 5.74) is 5.34. The Hall–Kier alpha value is -2.93. The van der Waals surface area contributed by atoms with Crippen molar-refractivity contribution in [2.24, 2.45) is 0 Å². The third-order valence-electron chi connectivity index (χ3n) is 5.42. The number of pyridine rings is 1. The maximum Gasteiger partial charge on any atom is 0.154 e. The van der Waals surface area contributed by atoms with Crippen molar-refractivity contribution in [2.75, 3.05) is 13.1 Å². The third-order valence-corrected chi connectivity index (χ3v) is 5.42. The molecule has 0 spiro atoms. The largest absolute Gasteiger partial charge is 0.317 e. The summed E-state index contributed by atoms with van der Waals surface area (Å²) in [6.45, 7) is 5.84. The SMILES string of the molecule is Cc1cn2cc(-c3cc(F)c4nc(C5CCNCC5)nnc4c3)cc(C)c2n1. The normalized spacial score (nSPS) is 15.5. The predicted molar refractivity (Wildman–Crippen MR) is 106 cm³/mol. The van der Waals surface area contributed by atoms with Gasteiger partial charge in [-0.1, -0.05) is 0 Å². The Morgan fingerprint density at radius 2 is 1.82 bits per heavy atom. The lowest BCUT2D eigenvalue weighted by Crippen LogP contribution is -2.27. The number of nitrogens with one attached hydrogen (secondary N) is 1. The quantitative estimate of drug-likeness (QED) is 0.579. The molecule has 1 aromatic carbocycles. The Kier molecular flexibility index (Phi) is 4.05. The number of rotatable bonds is 2. The standard InChI is InChI=1S/C21H21FN6/c1-12-7-16(11-28-10-13(2)24-21(12)28)15-8-17(22)19-18(9-15)26-27-20(25-19)14-3-5-23-6-4-14/h7-11,14,23H,3-6H2,1-2H3. The van der Waals surface area contributed by atoms with Crippen LogP contribution in [0.2, 0.25) is 0 Å². The number of nitrogens with zero attached hydrogens (tertiary/aromatic N) is 5. The molecule has 7 heteroatoms. The van der Waals surface area contributed by atoms with E-state index in [0.717, 1.165) is 54.0 Å². The summed E-state index contributed by atoms with van der Waals surface area (Å²) in [4.78, 5) is 9.03. The van der Waals surface area contributed by atoms with Crippen LogP contribution in [0.15, 0.2) is 30.6 Å². The predicted octanol–water partition coefficient (Wildman–Crippen LogP) is 3.56. The van der Waals surface area contributed by atoms with Gasteiger partial charge in [0.1, 0.15) is 16.7 Å². The van der Waals surface area contributed by atoms with Gasteiger partial charge in [-0.25, -0.2) is 14.4 Å². The molecule has 1 saturated heterocycles. The van der Waals surface area contributed by atoms with Crippen molar-refractivity contribution in [3.8, 4) is 11.1 Å². The molecular formula is C21H21FN6. The maximum atomic E-state index is 14.9. The fraction of sp³-hybridized carbons (Fsp3) is 0.333. The molecule has 0 radical (unpaired) electrons. The smallest absolute Gasteiger partial charge is 0.154 e. The molecule has 6 nitrogen and oxygen atoms in total. The van der Waals surface area contributed by atoms with Crippen LogP contribution in [0.5, 0.6) is 0 Å². The van der Waals surface area contributed by atoms with Gasteiger partial charge in [-0.05, 0) is 74.7 Å². The number of benzene rings is 1. The number of aryl methyl sites for hydroxylation is 2. The number of aromatic nitrogens is 5. The van der Waals surface area contributed by atoms with Gasteiger partial charge in [0.05, 0.1) is 5.69 Å². The Labute approximate surface area is 161 Å². The molecule has 1 N–H and O–H groups in total. The Balaban J connectivity index is 1.59. The van der Waals surface area contributed by atoms with Crippen LogP contribution in [0.4, 0.5) is 4.39 Å². The number of hydrogen-bond donors (Lipinski definition) is 1. The Bertz CT molecular complexity index is 1190. The molecule has 0 saturated carbocycles. The second kappa shape index (κ2) is 6.60. The summed E-state index contributed by atoms with van der Waals surface area (Å²) in [5.74, 6) is 0.524. The van der Waals surface area contributed by atoms with Gasteiger partial charge in [0.15, 0.2) is 11.6 Å². The molecular weight excluding hydrogens is 355 g/mol. The monoisotopic (exact) mass is 376 g/mol. The molecule has 1 aliphatic rings. The molecule has 4 aromatic rings. The second-order valence-electron chi connectivity index (χ2n) is 7.55. The highest BCUT2D eigenvalue weighted by Gasteiger charge is 2.20. The summed E-state index contributed by atoms with van der Waals surface area (Å²) < 4.78 is 16.9. The van der Waals surface area contributed by atoms with E-state index < -0.39 is 0 Å². The van der Waals surface area contributed by atoms with Gasteiger partial charge < -0.3 is 9.72 Å². The van der Waals surface area contributed by atoms with E-state index >= 15 is 0 Å². The van der Waals surface area contributed by atoms with E-state index in [1.165, 1.54) is 6.07 Å². The van der Waals surface area contributed by atoms with E-state index in [9.17, 15) is 4.39 Å². The van der Waals surface area contributed by atoms with E-state index in [4.69, 9.17) is 0 Å². The molecule has 142 valence electrons. The number of piperidine rings is 1. The number of hydrogen-bond acceptors (Lipinski definition) is 5. The van der Waals surface area contributed by atoms with Crippen LogP contribution in [0.3, 0.4) is 0 Å². The molecule has 28 heavy (non-hydrogen) atoms. The summed E-state index contributed by atoms with van der Waals surface area (Å²) >= 11 is 0. The van der Waals surface area contributed by atoms with Crippen molar-refractivity contribution in [2.45, 2.75) is 32.6 Å². The highest BCUT2D eigenvalue weighted by molar-refractivity contribution is 5.82. The molecule has 1 fully saturated rings. The first-order valence-corrected chi connectivity index (χ1v) is 9.59. The first kappa shape index (κ1) is 17.2. The summed E-state index contributed by atoms with van der Waals surface area (Å²) in [6, 6.07) is 5.41. The molecule has 1 aliphatic heterocycles. The minimum atomic E-state index is -0.364. The highest BCUT2D eigenvalue weighted by atomic mass is 19.1. The lowest BCUT2D eigenvalue weighted by Gasteiger charge is -2.20. The number of imidazole rings is 1.